The van der Waals surface area contributed by atoms with E-state index < -0.39 is 0 Å². The number of rotatable bonds is 19. The molecule has 1 N–H and O–H groups in total. The van der Waals surface area contributed by atoms with Crippen molar-refractivity contribution < 1.29 is 4.74 Å². The van der Waals surface area contributed by atoms with Crippen LogP contribution in [0.5, 0.6) is 5.75 Å². The fourth-order valence-electron chi connectivity index (χ4n) is 3.73. The van der Waals surface area contributed by atoms with Crippen molar-refractivity contribution in [2.45, 2.75) is 103 Å². The van der Waals surface area contributed by atoms with Gasteiger partial charge < -0.3 is 10.1 Å². The molecule has 0 unspecified atom stereocenters. The predicted molar refractivity (Wildman–Crippen MR) is 134 cm³/mol. The zero-order valence-corrected chi connectivity index (χ0v) is 20.4. The monoisotopic (exact) mass is 448 g/mol. The fourth-order valence-corrected chi connectivity index (χ4v) is 3.73. The molecule has 1 aromatic rings. The Bertz CT molecular complexity index is 777. The Labute approximate surface area is 201 Å². The van der Waals surface area contributed by atoms with Crippen LogP contribution in [0.2, 0.25) is 0 Å². The molecular weight excluding hydrogens is 408 g/mol. The van der Waals surface area contributed by atoms with Crippen molar-refractivity contribution in [1.29, 1.82) is 15.8 Å². The van der Waals surface area contributed by atoms with Crippen LogP contribution in [-0.4, -0.2) is 6.61 Å². The van der Waals surface area contributed by atoms with E-state index in [2.05, 4.69) is 12.2 Å². The van der Waals surface area contributed by atoms with Gasteiger partial charge in [0.25, 0.3) is 0 Å². The summed E-state index contributed by atoms with van der Waals surface area (Å²) in [4.78, 5) is 0. The lowest BCUT2D eigenvalue weighted by Crippen LogP contribution is -2.02. The zero-order valence-electron chi connectivity index (χ0n) is 20.4. The second-order valence-electron chi connectivity index (χ2n) is 8.51. The van der Waals surface area contributed by atoms with E-state index in [0.29, 0.717) is 18.0 Å². The third kappa shape index (κ3) is 13.9. The molecule has 1 aromatic carbocycles. The highest BCUT2D eigenvalue weighted by Gasteiger charge is 2.07. The maximum absolute atomic E-state index is 9.01. The van der Waals surface area contributed by atoms with Gasteiger partial charge in [0, 0.05) is 5.69 Å². The third-order valence-corrected chi connectivity index (χ3v) is 5.70. The first-order valence-electron chi connectivity index (χ1n) is 12.6. The van der Waals surface area contributed by atoms with Crippen LogP contribution in [0.4, 0.5) is 5.69 Å². The molecule has 0 saturated carbocycles. The Morgan fingerprint density at radius 1 is 0.727 bits per heavy atom. The van der Waals surface area contributed by atoms with Crippen molar-refractivity contribution in [3.63, 3.8) is 0 Å². The van der Waals surface area contributed by atoms with Crippen LogP contribution in [0.3, 0.4) is 0 Å². The number of nitrogens with zero attached hydrogens (tertiary/aromatic N) is 3. The summed E-state index contributed by atoms with van der Waals surface area (Å²) in [5.41, 5.74) is 0.959. The molecule has 0 radical (unpaired) electrons. The highest BCUT2D eigenvalue weighted by molar-refractivity contribution is 5.55. The molecular formula is C28H40N4O. The molecule has 0 fully saturated rings. The number of unbranched alkanes of at least 4 members (excludes halogenated alkanes) is 13. The SMILES string of the molecule is CCCCCCCCCCCCCCCCOc1ccc(NC(CC#N)=C(C#N)C#N)cc1. The first kappa shape index (κ1) is 28.1. The lowest BCUT2D eigenvalue weighted by Gasteiger charge is -2.10. The summed E-state index contributed by atoms with van der Waals surface area (Å²) in [6.45, 7) is 2.98. The molecule has 5 nitrogen and oxygen atoms in total. The first-order chi connectivity index (χ1) is 16.2. The molecule has 0 aromatic heterocycles. The molecule has 0 atom stereocenters. The molecule has 1 rings (SSSR count). The van der Waals surface area contributed by atoms with Crippen molar-refractivity contribution in [3.05, 3.63) is 35.5 Å². The molecule has 0 aliphatic heterocycles. The van der Waals surface area contributed by atoms with E-state index in [1.165, 1.54) is 83.5 Å². The summed E-state index contributed by atoms with van der Waals surface area (Å²) in [6.07, 6.45) is 18.8. The highest BCUT2D eigenvalue weighted by Crippen LogP contribution is 2.20. The summed E-state index contributed by atoms with van der Waals surface area (Å²) >= 11 is 0. The lowest BCUT2D eigenvalue weighted by atomic mass is 10.0. The number of benzene rings is 1. The Morgan fingerprint density at radius 2 is 1.21 bits per heavy atom. The molecule has 0 aliphatic rings. The Morgan fingerprint density at radius 3 is 1.67 bits per heavy atom. The minimum atomic E-state index is -0.0744. The second kappa shape index (κ2) is 19.7. The number of anilines is 1. The summed E-state index contributed by atoms with van der Waals surface area (Å²) in [5.74, 6) is 0.793. The average Bonchev–Trinajstić information content (AvgIpc) is 2.83. The average molecular weight is 449 g/mol. The summed E-state index contributed by atoms with van der Waals surface area (Å²) in [6, 6.07) is 13.0. The minimum Gasteiger partial charge on any atom is -0.494 e. The van der Waals surface area contributed by atoms with Crippen LogP contribution in [-0.2, 0) is 0 Å². The molecule has 0 aliphatic carbocycles. The molecule has 0 heterocycles. The van der Waals surface area contributed by atoms with E-state index in [-0.39, 0.29) is 12.0 Å². The molecule has 0 saturated heterocycles. The lowest BCUT2D eigenvalue weighted by molar-refractivity contribution is 0.304. The topological polar surface area (TPSA) is 92.6 Å². The van der Waals surface area contributed by atoms with Gasteiger partial charge in [-0.25, -0.2) is 0 Å². The van der Waals surface area contributed by atoms with Gasteiger partial charge in [0.1, 0.15) is 23.5 Å². The minimum absolute atomic E-state index is 0.0200. The van der Waals surface area contributed by atoms with Gasteiger partial charge >= 0.3 is 0 Å². The summed E-state index contributed by atoms with van der Waals surface area (Å²) < 4.78 is 5.81. The summed E-state index contributed by atoms with van der Waals surface area (Å²) in [7, 11) is 0. The Balaban J connectivity index is 2.09. The van der Waals surface area contributed by atoms with E-state index in [0.717, 1.165) is 12.2 Å². The van der Waals surface area contributed by atoms with E-state index in [1.54, 1.807) is 0 Å². The molecule has 0 spiro atoms. The third-order valence-electron chi connectivity index (χ3n) is 5.70. The quantitative estimate of drug-likeness (QED) is 0.170. The van der Waals surface area contributed by atoms with Crippen molar-refractivity contribution in [2.24, 2.45) is 0 Å². The van der Waals surface area contributed by atoms with Crippen molar-refractivity contribution in [1.82, 2.24) is 0 Å². The van der Waals surface area contributed by atoms with E-state index in [1.807, 2.05) is 42.5 Å². The van der Waals surface area contributed by atoms with Crippen LogP contribution in [0.25, 0.3) is 0 Å². The van der Waals surface area contributed by atoms with Gasteiger partial charge in [-0.05, 0) is 30.7 Å². The largest absolute Gasteiger partial charge is 0.494 e. The van der Waals surface area contributed by atoms with E-state index in [4.69, 9.17) is 20.5 Å². The fraction of sp³-hybridized carbons (Fsp3) is 0.607. The second-order valence-corrected chi connectivity index (χ2v) is 8.51. The number of nitriles is 3. The van der Waals surface area contributed by atoms with Crippen molar-refractivity contribution in [3.8, 4) is 24.0 Å². The van der Waals surface area contributed by atoms with Crippen LogP contribution < -0.4 is 10.1 Å². The highest BCUT2D eigenvalue weighted by atomic mass is 16.5. The zero-order chi connectivity index (χ0) is 24.0. The van der Waals surface area contributed by atoms with Gasteiger partial charge in [0.05, 0.1) is 24.8 Å². The Hall–Kier alpha value is -2.97. The van der Waals surface area contributed by atoms with Gasteiger partial charge in [0.2, 0.25) is 0 Å². The molecule has 33 heavy (non-hydrogen) atoms. The van der Waals surface area contributed by atoms with E-state index >= 15 is 0 Å². The van der Waals surface area contributed by atoms with Crippen molar-refractivity contribution >= 4 is 5.69 Å². The normalized spacial score (nSPS) is 10.0. The van der Waals surface area contributed by atoms with Gasteiger partial charge in [0.15, 0.2) is 0 Å². The van der Waals surface area contributed by atoms with Crippen LogP contribution in [0, 0.1) is 34.0 Å². The maximum Gasteiger partial charge on any atom is 0.149 e. The van der Waals surface area contributed by atoms with Crippen LogP contribution >= 0.6 is 0 Å². The number of hydrogen-bond donors (Lipinski definition) is 1. The standard InChI is InChI=1S/C28H40N4O/c1-2-3-4-5-6-7-8-9-10-11-12-13-14-15-22-33-27-18-16-26(17-19-27)32-28(20-21-29)25(23-30)24-31/h16-19,32H,2-15,20,22H2,1H3. The molecule has 178 valence electrons. The van der Waals surface area contributed by atoms with Crippen molar-refractivity contribution in [2.75, 3.05) is 11.9 Å². The van der Waals surface area contributed by atoms with Gasteiger partial charge in [-0.1, -0.05) is 90.4 Å². The number of hydrogen-bond acceptors (Lipinski definition) is 5. The van der Waals surface area contributed by atoms with Gasteiger partial charge in [-0.3, -0.25) is 0 Å². The number of ether oxygens (including phenoxy) is 1. The first-order valence-corrected chi connectivity index (χ1v) is 12.6. The van der Waals surface area contributed by atoms with Gasteiger partial charge in [-0.15, -0.1) is 0 Å². The van der Waals surface area contributed by atoms with Crippen LogP contribution in [0.1, 0.15) is 103 Å². The van der Waals surface area contributed by atoms with Gasteiger partial charge in [-0.2, -0.15) is 15.8 Å². The molecule has 0 bridgehead atoms. The Kier molecular flexibility index (Phi) is 16.7. The number of allylic oxidation sites excluding steroid dienone is 2. The smallest absolute Gasteiger partial charge is 0.149 e. The molecule has 0 amide bonds. The maximum atomic E-state index is 9.01. The van der Waals surface area contributed by atoms with Crippen LogP contribution in [0.15, 0.2) is 35.5 Å². The number of nitrogens with one attached hydrogen (secondary N) is 1. The molecule has 5 heteroatoms. The van der Waals surface area contributed by atoms with E-state index in [9.17, 15) is 0 Å². The predicted octanol–water partition coefficient (Wildman–Crippen LogP) is 8.17. The summed E-state index contributed by atoms with van der Waals surface area (Å²) in [5, 5.41) is 29.9.